The Morgan fingerprint density at radius 2 is 2.00 bits per heavy atom. The molecule has 0 bridgehead atoms. The highest BCUT2D eigenvalue weighted by Gasteiger charge is 2.16. The van der Waals surface area contributed by atoms with Gasteiger partial charge in [-0.2, -0.15) is 4.98 Å². The Bertz CT molecular complexity index is 1110. The molecule has 1 aliphatic carbocycles. The largest absolute Gasteiger partial charge is 0.490 e. The molecule has 4 rings (SSSR count). The second kappa shape index (κ2) is 8.07. The van der Waals surface area contributed by atoms with Gasteiger partial charge in [0.25, 0.3) is 0 Å². The summed E-state index contributed by atoms with van der Waals surface area (Å²) in [7, 11) is 1.44. The fraction of sp³-hybridized carbons (Fsp3) is 0.304. The van der Waals surface area contributed by atoms with Crippen LogP contribution in [0.1, 0.15) is 35.6 Å². The van der Waals surface area contributed by atoms with Gasteiger partial charge in [0.1, 0.15) is 5.82 Å². The van der Waals surface area contributed by atoms with Crippen LogP contribution in [0, 0.1) is 5.82 Å². The molecule has 1 aliphatic rings. The molecule has 0 saturated heterocycles. The lowest BCUT2D eigenvalue weighted by Crippen LogP contribution is -2.19. The number of rotatable bonds is 6. The lowest BCUT2D eigenvalue weighted by Gasteiger charge is -2.18. The summed E-state index contributed by atoms with van der Waals surface area (Å²) in [6.45, 7) is 2.47. The zero-order valence-corrected chi connectivity index (χ0v) is 16.7. The number of fused-ring (bicyclic) bond motifs is 1. The molecular formula is C23H24FN3O2. The van der Waals surface area contributed by atoms with Gasteiger partial charge in [0.15, 0.2) is 0 Å². The van der Waals surface area contributed by atoms with Crippen molar-refractivity contribution < 1.29 is 9.13 Å². The first kappa shape index (κ1) is 19.2. The van der Waals surface area contributed by atoms with E-state index in [9.17, 15) is 9.18 Å². The first-order valence-electron chi connectivity index (χ1n) is 9.89. The Hall–Kier alpha value is -3.15. The SMILES string of the molecule is CCc1cc2c(cc1Nc1nc(=O)c(OC)cn1Cc1cccc(F)c1)CCC2. The predicted molar refractivity (Wildman–Crippen MR) is 112 cm³/mol. The minimum atomic E-state index is -0.440. The van der Waals surface area contributed by atoms with Crippen LogP contribution in [0.3, 0.4) is 0 Å². The van der Waals surface area contributed by atoms with Gasteiger partial charge in [-0.1, -0.05) is 25.1 Å². The van der Waals surface area contributed by atoms with Crippen LogP contribution in [0.4, 0.5) is 16.0 Å². The van der Waals surface area contributed by atoms with Crippen LogP contribution in [-0.2, 0) is 25.8 Å². The van der Waals surface area contributed by atoms with Crippen LogP contribution in [0.25, 0.3) is 0 Å². The molecule has 0 radical (unpaired) electrons. The topological polar surface area (TPSA) is 56.1 Å². The van der Waals surface area contributed by atoms with Crippen molar-refractivity contribution in [2.45, 2.75) is 39.2 Å². The maximum Gasteiger partial charge on any atom is 0.316 e. The number of nitrogens with zero attached hydrogens (tertiary/aromatic N) is 2. The number of hydrogen-bond donors (Lipinski definition) is 1. The van der Waals surface area contributed by atoms with Crippen molar-refractivity contribution in [2.24, 2.45) is 0 Å². The summed E-state index contributed by atoms with van der Waals surface area (Å²) in [6, 6.07) is 10.8. The molecule has 0 fully saturated rings. The van der Waals surface area contributed by atoms with Gasteiger partial charge < -0.3 is 14.6 Å². The van der Waals surface area contributed by atoms with E-state index in [1.54, 1.807) is 16.8 Å². The number of aryl methyl sites for hydroxylation is 3. The molecule has 5 nitrogen and oxygen atoms in total. The highest BCUT2D eigenvalue weighted by atomic mass is 19.1. The van der Waals surface area contributed by atoms with Crippen molar-refractivity contribution in [3.8, 4) is 5.75 Å². The van der Waals surface area contributed by atoms with Crippen LogP contribution in [0.5, 0.6) is 5.75 Å². The third-order valence-electron chi connectivity index (χ3n) is 5.37. The Morgan fingerprint density at radius 3 is 2.72 bits per heavy atom. The number of anilines is 2. The summed E-state index contributed by atoms with van der Waals surface area (Å²) in [5, 5.41) is 3.35. The lowest BCUT2D eigenvalue weighted by molar-refractivity contribution is 0.402. The maximum absolute atomic E-state index is 13.6. The number of hydrogen-bond acceptors (Lipinski definition) is 4. The molecule has 1 N–H and O–H groups in total. The fourth-order valence-corrected chi connectivity index (χ4v) is 3.87. The number of methoxy groups -OCH3 is 1. The van der Waals surface area contributed by atoms with Crippen LogP contribution in [0.15, 0.2) is 47.4 Å². The molecule has 6 heteroatoms. The molecule has 1 aromatic heterocycles. The van der Waals surface area contributed by atoms with Gasteiger partial charge in [-0.15, -0.1) is 0 Å². The summed E-state index contributed by atoms with van der Waals surface area (Å²) in [5.74, 6) is 0.259. The van der Waals surface area contributed by atoms with E-state index in [0.29, 0.717) is 12.5 Å². The summed E-state index contributed by atoms with van der Waals surface area (Å²) in [4.78, 5) is 16.5. The average Bonchev–Trinajstić information content (AvgIpc) is 3.16. The van der Waals surface area contributed by atoms with Gasteiger partial charge in [-0.25, -0.2) is 4.39 Å². The number of benzene rings is 2. The minimum absolute atomic E-state index is 0.150. The zero-order valence-electron chi connectivity index (χ0n) is 16.7. The molecule has 0 unspecified atom stereocenters. The second-order valence-electron chi connectivity index (χ2n) is 7.31. The normalized spacial score (nSPS) is 12.7. The first-order chi connectivity index (χ1) is 14.1. The highest BCUT2D eigenvalue weighted by Crippen LogP contribution is 2.30. The Morgan fingerprint density at radius 1 is 1.21 bits per heavy atom. The van der Waals surface area contributed by atoms with Crippen molar-refractivity contribution >= 4 is 11.6 Å². The molecule has 2 aromatic carbocycles. The van der Waals surface area contributed by atoms with Crippen molar-refractivity contribution in [1.82, 2.24) is 9.55 Å². The van der Waals surface area contributed by atoms with Gasteiger partial charge in [-0.05, 0) is 66.1 Å². The van der Waals surface area contributed by atoms with E-state index in [-0.39, 0.29) is 11.6 Å². The monoisotopic (exact) mass is 393 g/mol. The molecule has 29 heavy (non-hydrogen) atoms. The van der Waals surface area contributed by atoms with Gasteiger partial charge in [0.2, 0.25) is 11.7 Å². The molecule has 150 valence electrons. The molecule has 0 aliphatic heterocycles. The van der Waals surface area contributed by atoms with Crippen molar-refractivity contribution in [1.29, 1.82) is 0 Å². The highest BCUT2D eigenvalue weighted by molar-refractivity contribution is 5.62. The number of nitrogens with one attached hydrogen (secondary N) is 1. The molecular weight excluding hydrogens is 369 g/mol. The number of halogens is 1. The molecule has 0 spiro atoms. The molecule has 0 saturated carbocycles. The lowest BCUT2D eigenvalue weighted by atomic mass is 10.0. The van der Waals surface area contributed by atoms with Crippen LogP contribution in [0.2, 0.25) is 0 Å². The van der Waals surface area contributed by atoms with Gasteiger partial charge in [0.05, 0.1) is 19.9 Å². The predicted octanol–water partition coefficient (Wildman–Crippen LogP) is 4.23. The Kier molecular flexibility index (Phi) is 5.34. The smallest absolute Gasteiger partial charge is 0.316 e. The third-order valence-corrected chi connectivity index (χ3v) is 5.37. The maximum atomic E-state index is 13.6. The molecule has 0 amide bonds. The quantitative estimate of drug-likeness (QED) is 0.681. The van der Waals surface area contributed by atoms with E-state index in [1.807, 2.05) is 6.07 Å². The summed E-state index contributed by atoms with van der Waals surface area (Å²) in [5.41, 5.74) is 5.23. The molecule has 3 aromatic rings. The minimum Gasteiger partial charge on any atom is -0.490 e. The first-order valence-corrected chi connectivity index (χ1v) is 9.89. The summed E-state index contributed by atoms with van der Waals surface area (Å²) >= 11 is 0. The number of aromatic nitrogens is 2. The summed E-state index contributed by atoms with van der Waals surface area (Å²) in [6.07, 6.45) is 5.85. The van der Waals surface area contributed by atoms with E-state index in [2.05, 4.69) is 29.4 Å². The summed E-state index contributed by atoms with van der Waals surface area (Å²) < 4.78 is 20.6. The van der Waals surface area contributed by atoms with Crippen molar-refractivity contribution in [3.63, 3.8) is 0 Å². The van der Waals surface area contributed by atoms with Gasteiger partial charge >= 0.3 is 5.56 Å². The second-order valence-corrected chi connectivity index (χ2v) is 7.31. The van der Waals surface area contributed by atoms with Gasteiger partial charge in [0, 0.05) is 5.69 Å². The van der Waals surface area contributed by atoms with E-state index < -0.39 is 5.56 Å². The van der Waals surface area contributed by atoms with E-state index in [4.69, 9.17) is 4.74 Å². The molecule has 1 heterocycles. The zero-order chi connectivity index (χ0) is 20.4. The van der Waals surface area contributed by atoms with E-state index >= 15 is 0 Å². The van der Waals surface area contributed by atoms with E-state index in [1.165, 1.54) is 42.4 Å². The standard InChI is InChI=1S/C23H24FN3O2/c1-3-16-11-17-7-5-8-18(17)12-20(16)25-23-26-22(28)21(29-2)14-27(23)13-15-6-4-9-19(24)10-15/h4,6,9-12,14H,3,5,7-8,13H2,1-2H3,(H,25,26,28). The Balaban J connectivity index is 1.75. The fourth-order valence-electron chi connectivity index (χ4n) is 3.87. The number of ether oxygens (including phenoxy) is 1. The average molecular weight is 393 g/mol. The van der Waals surface area contributed by atoms with Crippen molar-refractivity contribution in [3.05, 3.63) is 81.0 Å². The Labute approximate surface area is 169 Å². The van der Waals surface area contributed by atoms with Crippen LogP contribution in [-0.4, -0.2) is 16.7 Å². The van der Waals surface area contributed by atoms with Crippen LogP contribution >= 0.6 is 0 Å². The molecule has 0 atom stereocenters. The third kappa shape index (κ3) is 4.01. The van der Waals surface area contributed by atoms with Crippen LogP contribution < -0.4 is 15.6 Å². The van der Waals surface area contributed by atoms with Crippen molar-refractivity contribution in [2.75, 3.05) is 12.4 Å². The van der Waals surface area contributed by atoms with E-state index in [0.717, 1.165) is 30.5 Å². The van der Waals surface area contributed by atoms with Gasteiger partial charge in [-0.3, -0.25) is 4.79 Å².